The zero-order chi connectivity index (χ0) is 19.6. The molecule has 0 amide bonds. The van der Waals surface area contributed by atoms with Crippen molar-refractivity contribution < 1.29 is 14.2 Å². The van der Waals surface area contributed by atoms with Gasteiger partial charge in [0.05, 0.1) is 5.69 Å². The number of nitrogens with one attached hydrogen (secondary N) is 1. The summed E-state index contributed by atoms with van der Waals surface area (Å²) in [5, 5.41) is 3.51. The van der Waals surface area contributed by atoms with Gasteiger partial charge in [0.15, 0.2) is 18.1 Å². The number of para-hydroxylation sites is 1. The molecule has 2 aromatic carbocycles. The van der Waals surface area contributed by atoms with Gasteiger partial charge in [0, 0.05) is 16.4 Å². The van der Waals surface area contributed by atoms with Crippen LogP contribution in [0.3, 0.4) is 0 Å². The van der Waals surface area contributed by atoms with Gasteiger partial charge in [0.1, 0.15) is 0 Å². The average Bonchev–Trinajstić information content (AvgIpc) is 3.18. The molecule has 1 aliphatic heterocycles. The van der Waals surface area contributed by atoms with E-state index in [0.29, 0.717) is 6.79 Å². The van der Waals surface area contributed by atoms with Crippen molar-refractivity contribution in [2.75, 3.05) is 19.2 Å². The summed E-state index contributed by atoms with van der Waals surface area (Å²) >= 11 is 2.35. The van der Waals surface area contributed by atoms with E-state index >= 15 is 0 Å². The number of allylic oxidation sites excluding steroid dienone is 1. The normalized spacial score (nSPS) is 13.0. The number of methoxy groups -OCH3 is 1. The van der Waals surface area contributed by atoms with Crippen LogP contribution >= 0.6 is 22.6 Å². The highest BCUT2D eigenvalue weighted by Crippen LogP contribution is 2.33. The van der Waals surface area contributed by atoms with E-state index in [1.54, 1.807) is 7.11 Å². The highest BCUT2D eigenvalue weighted by Gasteiger charge is 2.12. The molecule has 0 aromatic heterocycles. The van der Waals surface area contributed by atoms with Gasteiger partial charge in [-0.05, 0) is 84.2 Å². The molecular formula is C23H26INO3. The fraction of sp³-hybridized carbons (Fsp3) is 0.348. The molecule has 1 heterocycles. The van der Waals surface area contributed by atoms with Crippen LogP contribution in [0, 0.1) is 10.2 Å². The molecule has 0 atom stereocenters. The van der Waals surface area contributed by atoms with Gasteiger partial charge in [-0.3, -0.25) is 0 Å². The summed E-state index contributed by atoms with van der Waals surface area (Å²) in [7, 11) is 1.62. The molecule has 1 N–H and O–H groups in total. The molecule has 0 saturated carbocycles. The van der Waals surface area contributed by atoms with Crippen molar-refractivity contribution in [1.82, 2.24) is 0 Å². The first kappa shape index (κ1) is 21.0. The molecule has 28 heavy (non-hydrogen) atoms. The van der Waals surface area contributed by atoms with Crippen LogP contribution in [0.15, 0.2) is 54.2 Å². The Morgan fingerprint density at radius 3 is 2.79 bits per heavy atom. The zero-order valence-electron chi connectivity index (χ0n) is 16.2. The van der Waals surface area contributed by atoms with E-state index in [9.17, 15) is 0 Å². The number of aryl methyl sites for hydroxylation is 1. The third kappa shape index (κ3) is 6.41. The van der Waals surface area contributed by atoms with Crippen molar-refractivity contribution in [3.05, 3.63) is 70.0 Å². The molecule has 5 heteroatoms. The number of hydrogen-bond donors (Lipinski definition) is 1. The van der Waals surface area contributed by atoms with Gasteiger partial charge < -0.3 is 19.5 Å². The molecule has 0 bridgehead atoms. The SMILES string of the molecule is CO[C]/C=C(/CCCCCCc1ccc2c(c1)OCO2)Nc1ccccc1I. The van der Waals surface area contributed by atoms with Gasteiger partial charge in [-0.2, -0.15) is 0 Å². The second-order valence-corrected chi connectivity index (χ2v) is 7.86. The van der Waals surface area contributed by atoms with Crippen LogP contribution in [0.25, 0.3) is 0 Å². The molecule has 3 rings (SSSR count). The molecule has 2 aromatic rings. The Hall–Kier alpha value is -1.73. The first-order valence-electron chi connectivity index (χ1n) is 9.64. The molecule has 4 nitrogen and oxygen atoms in total. The number of hydrogen-bond acceptors (Lipinski definition) is 4. The summed E-state index contributed by atoms with van der Waals surface area (Å²) in [4.78, 5) is 0. The summed E-state index contributed by atoms with van der Waals surface area (Å²) in [6.07, 6.45) is 8.67. The zero-order valence-corrected chi connectivity index (χ0v) is 18.3. The number of fused-ring (bicyclic) bond motifs is 1. The predicted octanol–water partition coefficient (Wildman–Crippen LogP) is 6.19. The van der Waals surface area contributed by atoms with Gasteiger partial charge in [0.25, 0.3) is 0 Å². The molecule has 1 aliphatic rings. The van der Waals surface area contributed by atoms with E-state index in [2.05, 4.69) is 58.8 Å². The van der Waals surface area contributed by atoms with E-state index < -0.39 is 0 Å². The van der Waals surface area contributed by atoms with E-state index in [4.69, 9.17) is 14.2 Å². The predicted molar refractivity (Wildman–Crippen MR) is 120 cm³/mol. The van der Waals surface area contributed by atoms with E-state index in [0.717, 1.165) is 42.1 Å². The minimum Gasteiger partial charge on any atom is -0.454 e. The Morgan fingerprint density at radius 2 is 1.93 bits per heavy atom. The Morgan fingerprint density at radius 1 is 1.11 bits per heavy atom. The summed E-state index contributed by atoms with van der Waals surface area (Å²) in [6, 6.07) is 14.5. The van der Waals surface area contributed by atoms with Crippen LogP contribution in [0.2, 0.25) is 0 Å². The summed E-state index contributed by atoms with van der Waals surface area (Å²) < 4.78 is 17.0. The van der Waals surface area contributed by atoms with Crippen molar-refractivity contribution >= 4 is 28.3 Å². The second kappa shape index (κ2) is 11.3. The monoisotopic (exact) mass is 491 g/mol. The Labute approximate surface area is 181 Å². The standard InChI is InChI=1S/C23H26INO3/c1-26-15-14-19(25-21-11-7-6-10-20(21)24)9-5-3-2-4-8-18-12-13-22-23(16-18)28-17-27-22/h6-7,10-14,16,25H,2-5,8-9,17H2,1H3/b19-14-. The first-order chi connectivity index (χ1) is 13.8. The minimum atomic E-state index is 0.336. The van der Waals surface area contributed by atoms with Crippen LogP contribution in [0.1, 0.15) is 37.7 Å². The maximum atomic E-state index is 5.45. The number of unbranched alkanes of at least 4 members (excludes halogenated alkanes) is 3. The van der Waals surface area contributed by atoms with Crippen LogP contribution in [-0.2, 0) is 11.2 Å². The lowest BCUT2D eigenvalue weighted by Gasteiger charge is -2.13. The maximum absolute atomic E-state index is 5.45. The van der Waals surface area contributed by atoms with Gasteiger partial charge in [-0.1, -0.05) is 31.0 Å². The van der Waals surface area contributed by atoms with Crippen LogP contribution in [0.5, 0.6) is 11.5 Å². The van der Waals surface area contributed by atoms with E-state index in [1.807, 2.05) is 24.3 Å². The largest absolute Gasteiger partial charge is 0.454 e. The number of anilines is 1. The number of benzene rings is 2. The molecule has 2 radical (unpaired) electrons. The first-order valence-corrected chi connectivity index (χ1v) is 10.7. The number of rotatable bonds is 11. The lowest BCUT2D eigenvalue weighted by molar-refractivity contribution is 0.174. The fourth-order valence-corrected chi connectivity index (χ4v) is 3.65. The van der Waals surface area contributed by atoms with E-state index in [-0.39, 0.29) is 0 Å². The molecule has 0 fully saturated rings. The highest BCUT2D eigenvalue weighted by atomic mass is 127. The molecule has 0 spiro atoms. The fourth-order valence-electron chi connectivity index (χ4n) is 3.13. The minimum absolute atomic E-state index is 0.336. The third-order valence-electron chi connectivity index (χ3n) is 4.62. The smallest absolute Gasteiger partial charge is 0.231 e. The Bertz CT molecular complexity index is 791. The van der Waals surface area contributed by atoms with Crippen molar-refractivity contribution in [2.45, 2.75) is 38.5 Å². The Kier molecular flexibility index (Phi) is 8.48. The Balaban J connectivity index is 1.39. The quantitative estimate of drug-likeness (QED) is 0.301. The molecular weight excluding hydrogens is 465 g/mol. The molecule has 0 unspecified atom stereocenters. The second-order valence-electron chi connectivity index (χ2n) is 6.70. The van der Waals surface area contributed by atoms with Gasteiger partial charge in [-0.25, -0.2) is 0 Å². The number of halogens is 1. The van der Waals surface area contributed by atoms with Crippen LogP contribution < -0.4 is 14.8 Å². The van der Waals surface area contributed by atoms with Gasteiger partial charge in [0.2, 0.25) is 6.79 Å². The highest BCUT2D eigenvalue weighted by molar-refractivity contribution is 14.1. The number of ether oxygens (including phenoxy) is 3. The lowest BCUT2D eigenvalue weighted by atomic mass is 10.0. The summed E-state index contributed by atoms with van der Waals surface area (Å²) in [5.41, 5.74) is 3.56. The van der Waals surface area contributed by atoms with Crippen LogP contribution in [-0.4, -0.2) is 13.9 Å². The maximum Gasteiger partial charge on any atom is 0.231 e. The molecule has 148 valence electrons. The summed E-state index contributed by atoms with van der Waals surface area (Å²) in [6.45, 7) is 3.17. The molecule has 0 saturated heterocycles. The van der Waals surface area contributed by atoms with Crippen molar-refractivity contribution in [2.24, 2.45) is 0 Å². The van der Waals surface area contributed by atoms with Gasteiger partial charge >= 0.3 is 0 Å². The van der Waals surface area contributed by atoms with Crippen molar-refractivity contribution in [1.29, 1.82) is 0 Å². The topological polar surface area (TPSA) is 39.7 Å². The lowest BCUT2D eigenvalue weighted by Crippen LogP contribution is -2.02. The van der Waals surface area contributed by atoms with Crippen molar-refractivity contribution in [3.63, 3.8) is 0 Å². The van der Waals surface area contributed by atoms with Gasteiger partial charge in [-0.15, -0.1) is 0 Å². The van der Waals surface area contributed by atoms with E-state index in [1.165, 1.54) is 28.4 Å². The van der Waals surface area contributed by atoms with Crippen molar-refractivity contribution in [3.8, 4) is 11.5 Å². The molecule has 0 aliphatic carbocycles. The summed E-state index contributed by atoms with van der Waals surface area (Å²) in [5.74, 6) is 1.73. The van der Waals surface area contributed by atoms with Crippen LogP contribution in [0.4, 0.5) is 5.69 Å². The average molecular weight is 491 g/mol. The third-order valence-corrected chi connectivity index (χ3v) is 5.56.